The second-order valence-corrected chi connectivity index (χ2v) is 5.20. The summed E-state index contributed by atoms with van der Waals surface area (Å²) in [5, 5.41) is 0.506. The van der Waals surface area contributed by atoms with Crippen molar-refractivity contribution in [2.45, 2.75) is 0 Å². The predicted molar refractivity (Wildman–Crippen MR) is 75.8 cm³/mol. The predicted octanol–water partition coefficient (Wildman–Crippen LogP) is 4.44. The summed E-state index contributed by atoms with van der Waals surface area (Å²) < 4.78 is 26.7. The molecule has 0 unspecified atom stereocenters. The van der Waals surface area contributed by atoms with E-state index < -0.39 is 11.6 Å². The highest BCUT2D eigenvalue weighted by atomic mass is 79.9. The molecule has 0 bridgehead atoms. The molecule has 1 aromatic heterocycles. The van der Waals surface area contributed by atoms with Crippen LogP contribution in [-0.4, -0.2) is 10.8 Å². The van der Waals surface area contributed by atoms with Gasteiger partial charge in [0.05, 0.1) is 0 Å². The van der Waals surface area contributed by atoms with Gasteiger partial charge in [0.2, 0.25) is 0 Å². The number of benzene rings is 2. The molecule has 0 amide bonds. The van der Waals surface area contributed by atoms with Gasteiger partial charge in [0.1, 0.15) is 11.6 Å². The molecule has 0 aliphatic carbocycles. The van der Waals surface area contributed by atoms with E-state index in [-0.39, 0.29) is 5.78 Å². The molecule has 5 heteroatoms. The van der Waals surface area contributed by atoms with Crippen LogP contribution in [0.4, 0.5) is 8.78 Å². The standard InChI is InChI=1S/C15H8BrF2NO/c16-13-6-9(18)1-3-10(13)15(20)12-7-19-14-4-2-8(17)5-11(12)14/h1-7,19H. The smallest absolute Gasteiger partial charge is 0.196 e. The van der Waals surface area contributed by atoms with Gasteiger partial charge in [-0.05, 0) is 52.3 Å². The first-order valence-electron chi connectivity index (χ1n) is 5.82. The number of H-pyrrole nitrogens is 1. The number of rotatable bonds is 2. The quantitative estimate of drug-likeness (QED) is 0.690. The van der Waals surface area contributed by atoms with E-state index in [9.17, 15) is 13.6 Å². The summed E-state index contributed by atoms with van der Waals surface area (Å²) in [5.74, 6) is -1.14. The molecule has 0 atom stereocenters. The maximum absolute atomic E-state index is 13.3. The summed E-state index contributed by atoms with van der Waals surface area (Å²) in [7, 11) is 0. The molecule has 0 saturated carbocycles. The van der Waals surface area contributed by atoms with Crippen LogP contribution in [0.25, 0.3) is 10.9 Å². The minimum atomic E-state index is -0.432. The molecular formula is C15H8BrF2NO. The van der Waals surface area contributed by atoms with Crippen molar-refractivity contribution in [2.24, 2.45) is 0 Å². The van der Waals surface area contributed by atoms with Crippen molar-refractivity contribution in [2.75, 3.05) is 0 Å². The lowest BCUT2D eigenvalue weighted by Crippen LogP contribution is -2.02. The Hall–Kier alpha value is -2.01. The van der Waals surface area contributed by atoms with Gasteiger partial charge in [-0.1, -0.05) is 0 Å². The van der Waals surface area contributed by atoms with Crippen molar-refractivity contribution in [3.05, 3.63) is 69.8 Å². The number of fused-ring (bicyclic) bond motifs is 1. The van der Waals surface area contributed by atoms with Crippen LogP contribution in [0.2, 0.25) is 0 Å². The molecular weight excluding hydrogens is 328 g/mol. The largest absolute Gasteiger partial charge is 0.360 e. The Kier molecular flexibility index (Phi) is 3.14. The van der Waals surface area contributed by atoms with Gasteiger partial charge in [-0.25, -0.2) is 8.78 Å². The number of hydrogen-bond acceptors (Lipinski definition) is 1. The van der Waals surface area contributed by atoms with Crippen molar-refractivity contribution in [3.8, 4) is 0 Å². The van der Waals surface area contributed by atoms with Crippen LogP contribution in [0, 0.1) is 11.6 Å². The number of hydrogen-bond donors (Lipinski definition) is 1. The lowest BCUT2D eigenvalue weighted by Gasteiger charge is -2.03. The first kappa shape index (κ1) is 13.0. The van der Waals surface area contributed by atoms with Crippen LogP contribution >= 0.6 is 15.9 Å². The van der Waals surface area contributed by atoms with E-state index in [0.717, 1.165) is 0 Å². The number of carbonyl (C=O) groups is 1. The SMILES string of the molecule is O=C(c1ccc(F)cc1Br)c1c[nH]c2ccc(F)cc12. The Bertz CT molecular complexity index is 826. The van der Waals surface area contributed by atoms with E-state index in [2.05, 4.69) is 20.9 Å². The molecule has 3 aromatic rings. The molecule has 0 fully saturated rings. The third-order valence-electron chi connectivity index (χ3n) is 3.06. The number of nitrogens with one attached hydrogen (secondary N) is 1. The van der Waals surface area contributed by atoms with Gasteiger partial charge < -0.3 is 4.98 Å². The average Bonchev–Trinajstić information content (AvgIpc) is 2.81. The fraction of sp³-hybridized carbons (Fsp3) is 0. The monoisotopic (exact) mass is 335 g/mol. The zero-order valence-electron chi connectivity index (χ0n) is 10.1. The molecule has 1 heterocycles. The van der Waals surface area contributed by atoms with Crippen LogP contribution in [0.15, 0.2) is 47.1 Å². The second-order valence-electron chi connectivity index (χ2n) is 4.35. The Balaban J connectivity index is 2.15. The molecule has 3 rings (SSSR count). The zero-order chi connectivity index (χ0) is 14.3. The number of halogens is 3. The number of aromatic nitrogens is 1. The summed E-state index contributed by atoms with van der Waals surface area (Å²) in [6, 6.07) is 8.04. The Morgan fingerprint density at radius 1 is 1.00 bits per heavy atom. The van der Waals surface area contributed by atoms with Crippen molar-refractivity contribution >= 4 is 32.6 Å². The average molecular weight is 336 g/mol. The molecule has 2 nitrogen and oxygen atoms in total. The van der Waals surface area contributed by atoms with Crippen LogP contribution in [0.5, 0.6) is 0 Å². The van der Waals surface area contributed by atoms with E-state index in [1.54, 1.807) is 6.07 Å². The third-order valence-corrected chi connectivity index (χ3v) is 3.72. The molecule has 20 heavy (non-hydrogen) atoms. The van der Waals surface area contributed by atoms with Crippen molar-refractivity contribution in [3.63, 3.8) is 0 Å². The van der Waals surface area contributed by atoms with Crippen molar-refractivity contribution in [1.29, 1.82) is 0 Å². The number of ketones is 1. The lowest BCUT2D eigenvalue weighted by atomic mass is 10.0. The fourth-order valence-electron chi connectivity index (χ4n) is 2.10. The van der Waals surface area contributed by atoms with Crippen LogP contribution in [-0.2, 0) is 0 Å². The van der Waals surface area contributed by atoms with E-state index in [1.807, 2.05) is 0 Å². The molecule has 0 saturated heterocycles. The number of carbonyl (C=O) groups excluding carboxylic acids is 1. The second kappa shape index (κ2) is 4.83. The van der Waals surface area contributed by atoms with Crippen molar-refractivity contribution in [1.82, 2.24) is 4.98 Å². The molecule has 0 spiro atoms. The summed E-state index contributed by atoms with van der Waals surface area (Å²) >= 11 is 3.17. The fourth-order valence-corrected chi connectivity index (χ4v) is 2.63. The third kappa shape index (κ3) is 2.14. The highest BCUT2D eigenvalue weighted by molar-refractivity contribution is 9.10. The Morgan fingerprint density at radius 3 is 2.45 bits per heavy atom. The molecule has 2 aromatic carbocycles. The van der Waals surface area contributed by atoms with Crippen LogP contribution < -0.4 is 0 Å². The minimum Gasteiger partial charge on any atom is -0.360 e. The van der Waals surface area contributed by atoms with E-state index in [1.165, 1.54) is 36.5 Å². The van der Waals surface area contributed by atoms with Crippen LogP contribution in [0.1, 0.15) is 15.9 Å². The van der Waals surface area contributed by atoms with E-state index in [4.69, 9.17) is 0 Å². The highest BCUT2D eigenvalue weighted by Crippen LogP contribution is 2.26. The molecule has 0 aliphatic heterocycles. The van der Waals surface area contributed by atoms with E-state index >= 15 is 0 Å². The van der Waals surface area contributed by atoms with Gasteiger partial charge >= 0.3 is 0 Å². The van der Waals surface area contributed by atoms with Gasteiger partial charge in [0, 0.05) is 32.7 Å². The van der Waals surface area contributed by atoms with E-state index in [0.29, 0.717) is 26.5 Å². The van der Waals surface area contributed by atoms with Gasteiger partial charge in [-0.3, -0.25) is 4.79 Å². The lowest BCUT2D eigenvalue weighted by molar-refractivity contribution is 0.103. The zero-order valence-corrected chi connectivity index (χ0v) is 11.7. The maximum Gasteiger partial charge on any atom is 0.196 e. The molecule has 1 N–H and O–H groups in total. The maximum atomic E-state index is 13.3. The molecule has 0 aliphatic rings. The summed E-state index contributed by atoms with van der Waals surface area (Å²) in [6.07, 6.45) is 1.53. The van der Waals surface area contributed by atoms with Crippen LogP contribution in [0.3, 0.4) is 0 Å². The Labute approximate surface area is 121 Å². The summed E-state index contributed by atoms with van der Waals surface area (Å²) in [6.45, 7) is 0. The normalized spacial score (nSPS) is 10.9. The van der Waals surface area contributed by atoms with Crippen molar-refractivity contribution < 1.29 is 13.6 Å². The molecule has 100 valence electrons. The minimum absolute atomic E-state index is 0.297. The summed E-state index contributed by atoms with van der Waals surface area (Å²) in [5.41, 5.74) is 1.36. The Morgan fingerprint density at radius 2 is 1.70 bits per heavy atom. The topological polar surface area (TPSA) is 32.9 Å². The van der Waals surface area contributed by atoms with Gasteiger partial charge in [-0.15, -0.1) is 0 Å². The first-order valence-corrected chi connectivity index (χ1v) is 6.62. The molecule has 0 radical (unpaired) electrons. The highest BCUT2D eigenvalue weighted by Gasteiger charge is 2.17. The van der Waals surface area contributed by atoms with Gasteiger partial charge in [0.15, 0.2) is 5.78 Å². The first-order chi connectivity index (χ1) is 9.56. The van der Waals surface area contributed by atoms with Gasteiger partial charge in [0.25, 0.3) is 0 Å². The van der Waals surface area contributed by atoms with Gasteiger partial charge in [-0.2, -0.15) is 0 Å². The number of aromatic amines is 1. The summed E-state index contributed by atoms with van der Waals surface area (Å²) in [4.78, 5) is 15.4.